The van der Waals surface area contributed by atoms with Gasteiger partial charge in [-0.15, -0.1) is 0 Å². The van der Waals surface area contributed by atoms with Crippen molar-refractivity contribution in [1.82, 2.24) is 30.0 Å². The van der Waals surface area contributed by atoms with Crippen LogP contribution >= 0.6 is 0 Å². The highest BCUT2D eigenvalue weighted by Gasteiger charge is 2.22. The van der Waals surface area contributed by atoms with E-state index in [0.717, 1.165) is 11.1 Å². The highest BCUT2D eigenvalue weighted by atomic mass is 19.1. The third kappa shape index (κ3) is 4.54. The van der Waals surface area contributed by atoms with Gasteiger partial charge in [-0.25, -0.2) is 19.0 Å². The first-order valence-electron chi connectivity index (χ1n) is 11.0. The molecule has 1 amide bonds. The molecule has 0 aliphatic heterocycles. The van der Waals surface area contributed by atoms with Crippen molar-refractivity contribution in [3.8, 4) is 17.2 Å². The van der Waals surface area contributed by atoms with E-state index in [1.54, 1.807) is 49.8 Å². The van der Waals surface area contributed by atoms with Crippen molar-refractivity contribution >= 4 is 5.91 Å². The molecule has 0 bridgehead atoms. The van der Waals surface area contributed by atoms with Gasteiger partial charge in [0.1, 0.15) is 5.82 Å². The Kier molecular flexibility index (Phi) is 6.09. The first kappa shape index (κ1) is 22.1. The maximum absolute atomic E-state index is 14.3. The Labute approximate surface area is 201 Å². The van der Waals surface area contributed by atoms with Crippen LogP contribution in [0.25, 0.3) is 17.2 Å². The Bertz CT molecular complexity index is 1430. The number of amides is 1. The second-order valence-electron chi connectivity index (χ2n) is 7.87. The van der Waals surface area contributed by atoms with Crippen molar-refractivity contribution in [2.24, 2.45) is 0 Å². The molecular formula is C27H21FN6O. The molecule has 5 aromatic rings. The zero-order chi connectivity index (χ0) is 24.2. The van der Waals surface area contributed by atoms with E-state index in [9.17, 15) is 9.18 Å². The summed E-state index contributed by atoms with van der Waals surface area (Å²) >= 11 is 0. The first-order chi connectivity index (χ1) is 17.1. The lowest BCUT2D eigenvalue weighted by molar-refractivity contribution is 0.0942. The second-order valence-corrected chi connectivity index (χ2v) is 7.87. The van der Waals surface area contributed by atoms with Gasteiger partial charge in [0.2, 0.25) is 0 Å². The number of carbonyl (C=O) groups excluding carboxylic acids is 1. The molecule has 0 saturated carbocycles. The molecule has 0 spiro atoms. The molecule has 5 rings (SSSR count). The summed E-state index contributed by atoms with van der Waals surface area (Å²) in [7, 11) is 0. The number of nitrogens with one attached hydrogen (secondary N) is 1. The number of benzene rings is 2. The molecule has 35 heavy (non-hydrogen) atoms. The van der Waals surface area contributed by atoms with Gasteiger partial charge >= 0.3 is 0 Å². The van der Waals surface area contributed by atoms with Gasteiger partial charge in [0, 0.05) is 24.2 Å². The molecule has 0 unspecified atom stereocenters. The van der Waals surface area contributed by atoms with Crippen molar-refractivity contribution in [3.05, 3.63) is 126 Å². The topological polar surface area (TPSA) is 85.6 Å². The van der Waals surface area contributed by atoms with Gasteiger partial charge in [0.25, 0.3) is 11.9 Å². The molecule has 8 heteroatoms. The third-order valence-electron chi connectivity index (χ3n) is 5.68. The minimum Gasteiger partial charge on any atom is -0.341 e. The summed E-state index contributed by atoms with van der Waals surface area (Å²) in [6.07, 6.45) is 6.42. The summed E-state index contributed by atoms with van der Waals surface area (Å²) in [5.74, 6) is -0.418. The summed E-state index contributed by atoms with van der Waals surface area (Å²) in [5, 5.41) is 7.45. The average Bonchev–Trinajstić information content (AvgIpc) is 3.30. The first-order valence-corrected chi connectivity index (χ1v) is 11.0. The van der Waals surface area contributed by atoms with Crippen LogP contribution in [0.5, 0.6) is 0 Å². The molecule has 3 aromatic heterocycles. The van der Waals surface area contributed by atoms with Gasteiger partial charge < -0.3 is 5.32 Å². The van der Waals surface area contributed by atoms with Crippen molar-refractivity contribution in [1.29, 1.82) is 0 Å². The lowest BCUT2D eigenvalue weighted by Gasteiger charge is -2.19. The summed E-state index contributed by atoms with van der Waals surface area (Å²) in [6.45, 7) is 1.77. The summed E-state index contributed by atoms with van der Waals surface area (Å²) in [6, 6.07) is 21.1. The van der Waals surface area contributed by atoms with Crippen LogP contribution in [0.4, 0.5) is 4.39 Å². The predicted molar refractivity (Wildman–Crippen MR) is 129 cm³/mol. The lowest BCUT2D eigenvalue weighted by Crippen LogP contribution is -2.29. The number of rotatable bonds is 6. The maximum atomic E-state index is 14.3. The van der Waals surface area contributed by atoms with Crippen molar-refractivity contribution < 1.29 is 9.18 Å². The van der Waals surface area contributed by atoms with Gasteiger partial charge in [-0.1, -0.05) is 42.5 Å². The quantitative estimate of drug-likeness (QED) is 0.394. The zero-order valence-electron chi connectivity index (χ0n) is 18.8. The van der Waals surface area contributed by atoms with Gasteiger partial charge in [-0.05, 0) is 48.4 Å². The van der Waals surface area contributed by atoms with E-state index < -0.39 is 0 Å². The van der Waals surface area contributed by atoms with Gasteiger partial charge in [0.05, 0.1) is 29.2 Å². The van der Waals surface area contributed by atoms with E-state index in [1.165, 1.54) is 16.9 Å². The van der Waals surface area contributed by atoms with Crippen LogP contribution in [0.3, 0.4) is 0 Å². The second kappa shape index (κ2) is 9.64. The zero-order valence-corrected chi connectivity index (χ0v) is 18.8. The van der Waals surface area contributed by atoms with E-state index in [2.05, 4.69) is 25.4 Å². The molecule has 0 aliphatic rings. The van der Waals surface area contributed by atoms with Crippen molar-refractivity contribution in [3.63, 3.8) is 0 Å². The molecule has 0 aliphatic carbocycles. The standard InChI is InChI=1S/C27H21FN6O/c1-18-22(26(35)33-25(19-7-3-2-4-8-19)20-11-14-29-15-12-20)17-31-34(18)27-30-16-13-24(32-27)21-9-5-6-10-23(21)28/h2-17,25H,1H3,(H,33,35)/t25-/m0/s1. The molecule has 2 aromatic carbocycles. The molecule has 0 saturated heterocycles. The molecule has 7 nitrogen and oxygen atoms in total. The van der Waals surface area contributed by atoms with Crippen LogP contribution < -0.4 is 5.32 Å². The minimum atomic E-state index is -0.377. The number of aromatic nitrogens is 5. The molecule has 0 radical (unpaired) electrons. The van der Waals surface area contributed by atoms with Crippen LogP contribution in [0.1, 0.15) is 33.2 Å². The van der Waals surface area contributed by atoms with E-state index in [-0.39, 0.29) is 23.7 Å². The fourth-order valence-electron chi connectivity index (χ4n) is 3.87. The third-order valence-corrected chi connectivity index (χ3v) is 5.68. The average molecular weight is 465 g/mol. The largest absolute Gasteiger partial charge is 0.341 e. The maximum Gasteiger partial charge on any atom is 0.255 e. The summed E-state index contributed by atoms with van der Waals surface area (Å²) in [4.78, 5) is 26.2. The Hall–Kier alpha value is -4.72. The number of halogens is 1. The van der Waals surface area contributed by atoms with Gasteiger partial charge in [-0.3, -0.25) is 9.78 Å². The van der Waals surface area contributed by atoms with Gasteiger partial charge in [-0.2, -0.15) is 5.10 Å². The monoisotopic (exact) mass is 464 g/mol. The lowest BCUT2D eigenvalue weighted by atomic mass is 9.99. The summed E-state index contributed by atoms with van der Waals surface area (Å²) < 4.78 is 15.7. The molecule has 1 N–H and O–H groups in total. The van der Waals surface area contributed by atoms with Gasteiger partial charge in [0.15, 0.2) is 0 Å². The number of pyridine rings is 1. The van der Waals surface area contributed by atoms with Crippen LogP contribution in [0, 0.1) is 12.7 Å². The van der Waals surface area contributed by atoms with E-state index in [4.69, 9.17) is 0 Å². The molecule has 3 heterocycles. The van der Waals surface area contributed by atoms with Crippen molar-refractivity contribution in [2.45, 2.75) is 13.0 Å². The number of carbonyl (C=O) groups is 1. The molecular weight excluding hydrogens is 443 g/mol. The smallest absolute Gasteiger partial charge is 0.255 e. The molecule has 172 valence electrons. The Balaban J connectivity index is 1.45. The summed E-state index contributed by atoms with van der Waals surface area (Å²) in [5.41, 5.74) is 3.59. The van der Waals surface area contributed by atoms with Crippen LogP contribution in [0.15, 0.2) is 97.6 Å². The van der Waals surface area contributed by atoms with Crippen LogP contribution in [-0.4, -0.2) is 30.6 Å². The normalized spacial score (nSPS) is 11.7. The van der Waals surface area contributed by atoms with E-state index >= 15 is 0 Å². The number of hydrogen-bond donors (Lipinski definition) is 1. The fourth-order valence-corrected chi connectivity index (χ4v) is 3.87. The number of hydrogen-bond acceptors (Lipinski definition) is 5. The SMILES string of the molecule is Cc1c(C(=O)N[C@@H](c2ccccc2)c2ccncc2)cnn1-c1nccc(-c2ccccc2F)n1. The fraction of sp³-hybridized carbons (Fsp3) is 0.0741. The van der Waals surface area contributed by atoms with Crippen molar-refractivity contribution in [2.75, 3.05) is 0 Å². The van der Waals surface area contributed by atoms with Crippen LogP contribution in [0.2, 0.25) is 0 Å². The van der Waals surface area contributed by atoms with E-state index in [0.29, 0.717) is 22.5 Å². The van der Waals surface area contributed by atoms with E-state index in [1.807, 2.05) is 42.5 Å². The Morgan fingerprint density at radius 3 is 2.40 bits per heavy atom. The predicted octanol–water partition coefficient (Wildman–Crippen LogP) is 4.69. The highest BCUT2D eigenvalue weighted by molar-refractivity contribution is 5.95. The number of nitrogens with zero attached hydrogens (tertiary/aromatic N) is 5. The molecule has 1 atom stereocenters. The highest BCUT2D eigenvalue weighted by Crippen LogP contribution is 2.24. The Morgan fingerprint density at radius 1 is 0.914 bits per heavy atom. The Morgan fingerprint density at radius 2 is 1.63 bits per heavy atom. The van der Waals surface area contributed by atoms with Crippen LogP contribution in [-0.2, 0) is 0 Å². The molecule has 0 fully saturated rings. The minimum absolute atomic E-state index is 0.246.